The second-order valence-corrected chi connectivity index (χ2v) is 7.43. The third-order valence-electron chi connectivity index (χ3n) is 2.86. The molecule has 2 heterocycles. The van der Waals surface area contributed by atoms with Gasteiger partial charge in [0.15, 0.2) is 0 Å². The van der Waals surface area contributed by atoms with Crippen LogP contribution in [0.3, 0.4) is 0 Å². The summed E-state index contributed by atoms with van der Waals surface area (Å²) < 4.78 is 31.7. The maximum Gasteiger partial charge on any atom is 0.244 e. The highest BCUT2D eigenvalue weighted by molar-refractivity contribution is 7.89. The van der Waals surface area contributed by atoms with Crippen molar-refractivity contribution in [3.8, 4) is 0 Å². The van der Waals surface area contributed by atoms with E-state index in [1.807, 2.05) is 14.0 Å². The number of morpholine rings is 1. The molecule has 18 heavy (non-hydrogen) atoms. The molecular weight excluding hydrogens is 272 g/mol. The van der Waals surface area contributed by atoms with Gasteiger partial charge in [0.05, 0.1) is 18.1 Å². The maximum atomic E-state index is 12.5. The Morgan fingerprint density at radius 2 is 2.11 bits per heavy atom. The summed E-state index contributed by atoms with van der Waals surface area (Å²) in [5.74, 6) is 0. The molecule has 1 fully saturated rings. The average molecular weight is 290 g/mol. The third kappa shape index (κ3) is 2.75. The van der Waals surface area contributed by atoms with E-state index in [4.69, 9.17) is 4.74 Å². The fourth-order valence-corrected chi connectivity index (χ4v) is 4.99. The zero-order valence-electron chi connectivity index (χ0n) is 10.6. The molecule has 0 spiro atoms. The lowest BCUT2D eigenvalue weighted by Crippen LogP contribution is -2.40. The van der Waals surface area contributed by atoms with Crippen molar-refractivity contribution in [3.63, 3.8) is 0 Å². The van der Waals surface area contributed by atoms with Crippen molar-refractivity contribution in [1.29, 1.82) is 0 Å². The van der Waals surface area contributed by atoms with Crippen LogP contribution in [-0.2, 0) is 21.3 Å². The molecule has 0 aliphatic carbocycles. The van der Waals surface area contributed by atoms with E-state index < -0.39 is 10.0 Å². The first-order valence-corrected chi connectivity index (χ1v) is 8.13. The number of rotatable bonds is 4. The van der Waals surface area contributed by atoms with E-state index in [1.165, 1.54) is 15.6 Å². The Morgan fingerprint density at radius 1 is 1.44 bits per heavy atom. The second kappa shape index (κ2) is 5.66. The van der Waals surface area contributed by atoms with Gasteiger partial charge in [-0.05, 0) is 20.0 Å². The molecule has 102 valence electrons. The zero-order chi connectivity index (χ0) is 13.2. The van der Waals surface area contributed by atoms with E-state index in [1.54, 1.807) is 6.07 Å². The van der Waals surface area contributed by atoms with Crippen LogP contribution < -0.4 is 5.32 Å². The summed E-state index contributed by atoms with van der Waals surface area (Å²) in [7, 11) is -1.50. The lowest BCUT2D eigenvalue weighted by Gasteiger charge is -2.25. The number of aryl methyl sites for hydroxylation is 1. The summed E-state index contributed by atoms with van der Waals surface area (Å²) >= 11 is 1.53. The van der Waals surface area contributed by atoms with Crippen molar-refractivity contribution < 1.29 is 13.2 Å². The molecule has 0 unspecified atom stereocenters. The van der Waals surface area contributed by atoms with Gasteiger partial charge in [-0.15, -0.1) is 11.3 Å². The number of sulfonamides is 1. The molecule has 1 aliphatic heterocycles. The number of nitrogens with zero attached hydrogens (tertiary/aromatic N) is 1. The number of thiophene rings is 1. The first kappa shape index (κ1) is 14.0. The van der Waals surface area contributed by atoms with Gasteiger partial charge >= 0.3 is 0 Å². The van der Waals surface area contributed by atoms with Crippen LogP contribution in [0.15, 0.2) is 11.0 Å². The number of nitrogens with one attached hydrogen (secondary N) is 1. The summed E-state index contributed by atoms with van der Waals surface area (Å²) in [6.45, 7) is 4.40. The highest BCUT2D eigenvalue weighted by Crippen LogP contribution is 2.28. The summed E-state index contributed by atoms with van der Waals surface area (Å²) in [5.41, 5.74) is 0. The standard InChI is InChI=1S/C11H18N2O3S2/c1-9-11(7-10(17-9)8-12-2)18(14,15)13-3-5-16-6-4-13/h7,12H,3-6,8H2,1-2H3. The van der Waals surface area contributed by atoms with Gasteiger partial charge in [0.1, 0.15) is 0 Å². The van der Waals surface area contributed by atoms with Crippen LogP contribution in [-0.4, -0.2) is 46.1 Å². The SMILES string of the molecule is CNCc1cc(S(=O)(=O)N2CCOCC2)c(C)s1. The largest absolute Gasteiger partial charge is 0.379 e. The summed E-state index contributed by atoms with van der Waals surface area (Å²) in [6.07, 6.45) is 0. The minimum atomic E-state index is -3.35. The van der Waals surface area contributed by atoms with Gasteiger partial charge in [-0.25, -0.2) is 8.42 Å². The highest BCUT2D eigenvalue weighted by atomic mass is 32.2. The van der Waals surface area contributed by atoms with Crippen LogP contribution in [0.4, 0.5) is 0 Å². The molecular formula is C11H18N2O3S2. The van der Waals surface area contributed by atoms with Crippen molar-refractivity contribution in [3.05, 3.63) is 15.8 Å². The lowest BCUT2D eigenvalue weighted by atomic mass is 10.4. The van der Waals surface area contributed by atoms with Crippen LogP contribution >= 0.6 is 11.3 Å². The highest BCUT2D eigenvalue weighted by Gasteiger charge is 2.28. The van der Waals surface area contributed by atoms with Crippen LogP contribution in [0, 0.1) is 6.92 Å². The Balaban J connectivity index is 2.28. The molecule has 0 saturated carbocycles. The topological polar surface area (TPSA) is 58.6 Å². The first-order valence-electron chi connectivity index (χ1n) is 5.87. The second-order valence-electron chi connectivity index (χ2n) is 4.18. The van der Waals surface area contributed by atoms with Crippen molar-refractivity contribution >= 4 is 21.4 Å². The minimum absolute atomic E-state index is 0.443. The molecule has 5 nitrogen and oxygen atoms in total. The van der Waals surface area contributed by atoms with Gasteiger partial charge < -0.3 is 10.1 Å². The molecule has 0 atom stereocenters. The van der Waals surface area contributed by atoms with E-state index >= 15 is 0 Å². The van der Waals surface area contributed by atoms with Gasteiger partial charge in [-0.3, -0.25) is 0 Å². The quantitative estimate of drug-likeness (QED) is 0.891. The molecule has 1 aromatic rings. The Kier molecular flexibility index (Phi) is 4.39. The van der Waals surface area contributed by atoms with Gasteiger partial charge in [-0.2, -0.15) is 4.31 Å². The van der Waals surface area contributed by atoms with Gasteiger partial charge in [0.25, 0.3) is 0 Å². The van der Waals surface area contributed by atoms with Gasteiger partial charge in [0, 0.05) is 29.4 Å². The average Bonchev–Trinajstić information content (AvgIpc) is 2.73. The van der Waals surface area contributed by atoms with E-state index in [0.29, 0.717) is 37.7 Å². The Labute approximate surface area is 112 Å². The normalized spacial score (nSPS) is 18.1. The Hall–Kier alpha value is -0.470. The van der Waals surface area contributed by atoms with Crippen molar-refractivity contribution in [2.75, 3.05) is 33.4 Å². The van der Waals surface area contributed by atoms with Crippen molar-refractivity contribution in [2.45, 2.75) is 18.4 Å². The fraction of sp³-hybridized carbons (Fsp3) is 0.636. The van der Waals surface area contributed by atoms with E-state index in [2.05, 4.69) is 5.32 Å². The van der Waals surface area contributed by atoms with Crippen molar-refractivity contribution in [1.82, 2.24) is 9.62 Å². The fourth-order valence-electron chi connectivity index (χ4n) is 1.97. The molecule has 2 rings (SSSR count). The number of ether oxygens (including phenoxy) is 1. The molecule has 0 bridgehead atoms. The van der Waals surface area contributed by atoms with E-state index in [9.17, 15) is 8.42 Å². The van der Waals surface area contributed by atoms with Gasteiger partial charge in [0.2, 0.25) is 10.0 Å². The van der Waals surface area contributed by atoms with Crippen LogP contribution in [0.5, 0.6) is 0 Å². The summed E-state index contributed by atoms with van der Waals surface area (Å²) in [4.78, 5) is 2.34. The zero-order valence-corrected chi connectivity index (χ0v) is 12.2. The predicted octanol–water partition coefficient (Wildman–Crippen LogP) is 0.797. The third-order valence-corrected chi connectivity index (χ3v) is 6.07. The van der Waals surface area contributed by atoms with Crippen LogP contribution in [0.25, 0.3) is 0 Å². The minimum Gasteiger partial charge on any atom is -0.379 e. The molecule has 1 saturated heterocycles. The van der Waals surface area contributed by atoms with Crippen molar-refractivity contribution in [2.24, 2.45) is 0 Å². The lowest BCUT2D eigenvalue weighted by molar-refractivity contribution is 0.0730. The molecule has 0 amide bonds. The first-order chi connectivity index (χ1) is 8.55. The number of hydrogen-bond acceptors (Lipinski definition) is 5. The number of hydrogen-bond donors (Lipinski definition) is 1. The Bertz CT molecular complexity index is 504. The molecule has 0 radical (unpaired) electrons. The van der Waals surface area contributed by atoms with Gasteiger partial charge in [-0.1, -0.05) is 0 Å². The molecule has 1 aliphatic rings. The maximum absolute atomic E-state index is 12.5. The van der Waals surface area contributed by atoms with E-state index in [0.717, 1.165) is 9.75 Å². The monoisotopic (exact) mass is 290 g/mol. The molecule has 1 aromatic heterocycles. The molecule has 0 aromatic carbocycles. The summed E-state index contributed by atoms with van der Waals surface area (Å²) in [5, 5.41) is 3.04. The van der Waals surface area contributed by atoms with Crippen LogP contribution in [0.2, 0.25) is 0 Å². The smallest absolute Gasteiger partial charge is 0.244 e. The molecule has 7 heteroatoms. The molecule has 1 N–H and O–H groups in total. The Morgan fingerprint density at radius 3 is 2.72 bits per heavy atom. The predicted molar refractivity (Wildman–Crippen MR) is 71.4 cm³/mol. The van der Waals surface area contributed by atoms with Crippen LogP contribution in [0.1, 0.15) is 9.75 Å². The summed E-state index contributed by atoms with van der Waals surface area (Å²) in [6, 6.07) is 1.78. The van der Waals surface area contributed by atoms with E-state index in [-0.39, 0.29) is 0 Å².